The molecule has 1 unspecified atom stereocenters. The number of hydrogen-bond donors (Lipinski definition) is 0. The van der Waals surface area contributed by atoms with Crippen LogP contribution in [0.5, 0.6) is 0 Å². The van der Waals surface area contributed by atoms with Crippen molar-refractivity contribution >= 4 is 34.6 Å². The fourth-order valence-corrected chi connectivity index (χ4v) is 2.95. The van der Waals surface area contributed by atoms with Gasteiger partial charge in [0.05, 0.1) is 10.0 Å². The number of para-hydroxylation sites is 1. The molecule has 0 N–H and O–H groups in total. The molecule has 25 heavy (non-hydrogen) atoms. The zero-order chi connectivity index (χ0) is 18.4. The summed E-state index contributed by atoms with van der Waals surface area (Å²) in [5, 5.41) is 4.25. The number of benzene rings is 2. The zero-order valence-corrected chi connectivity index (χ0v) is 14.3. The lowest BCUT2D eigenvalue weighted by atomic mass is 10.0. The Hall–Kier alpha value is -1.89. The Morgan fingerprint density at radius 1 is 1.04 bits per heavy atom. The average Bonchev–Trinajstić information content (AvgIpc) is 2.93. The van der Waals surface area contributed by atoms with Gasteiger partial charge in [0.15, 0.2) is 5.82 Å². The first-order valence-electron chi connectivity index (χ1n) is 7.09. The van der Waals surface area contributed by atoms with Crippen LogP contribution >= 0.6 is 23.2 Å². The van der Waals surface area contributed by atoms with Gasteiger partial charge in [0.1, 0.15) is 13.2 Å². The number of allylic oxidation sites excluding steroid dienone is 1. The monoisotopic (exact) mass is 389 g/mol. The first-order valence-corrected chi connectivity index (χ1v) is 7.85. The number of rotatable bonds is 2. The molecule has 0 bridgehead atoms. The SMILES string of the molecule is C[N+]1(c2c(F)cccc2-c2ccc(Cl)c(Cl)c2)C=CC(C(F)(F)F)=N1. The first kappa shape index (κ1) is 17.9. The summed E-state index contributed by atoms with van der Waals surface area (Å²) >= 11 is 11.9. The van der Waals surface area contributed by atoms with Crippen LogP contribution in [0.3, 0.4) is 0 Å². The van der Waals surface area contributed by atoms with E-state index >= 15 is 0 Å². The number of nitrogens with zero attached hydrogens (tertiary/aromatic N) is 2. The normalized spacial score (nSPS) is 20.0. The quantitative estimate of drug-likeness (QED) is 0.429. The number of halogens is 6. The molecule has 0 saturated heterocycles. The molecule has 2 nitrogen and oxygen atoms in total. The highest BCUT2D eigenvalue weighted by Crippen LogP contribution is 2.41. The summed E-state index contributed by atoms with van der Waals surface area (Å²) in [5.74, 6) is -0.678. The molecule has 2 aromatic carbocycles. The van der Waals surface area contributed by atoms with Gasteiger partial charge in [-0.2, -0.15) is 13.2 Å². The van der Waals surface area contributed by atoms with Gasteiger partial charge >= 0.3 is 6.18 Å². The van der Waals surface area contributed by atoms with Gasteiger partial charge in [0.2, 0.25) is 11.4 Å². The second-order valence-corrected chi connectivity index (χ2v) is 6.40. The molecule has 8 heteroatoms. The van der Waals surface area contributed by atoms with Crippen molar-refractivity contribution in [2.24, 2.45) is 5.10 Å². The van der Waals surface area contributed by atoms with Crippen molar-refractivity contribution in [1.82, 2.24) is 4.59 Å². The van der Waals surface area contributed by atoms with E-state index in [4.69, 9.17) is 23.2 Å². The van der Waals surface area contributed by atoms with Gasteiger partial charge in [-0.1, -0.05) is 40.4 Å². The fraction of sp³-hybridized carbons (Fsp3) is 0.118. The molecule has 130 valence electrons. The minimum absolute atomic E-state index is 0.0172. The van der Waals surface area contributed by atoms with Crippen LogP contribution in [-0.2, 0) is 0 Å². The smallest absolute Gasteiger partial charge is 0.200 e. The Labute approximate surface area is 151 Å². The van der Waals surface area contributed by atoms with E-state index in [0.29, 0.717) is 16.1 Å². The maximum Gasteiger partial charge on any atom is 0.438 e. The minimum atomic E-state index is -4.61. The number of alkyl halides is 3. The maximum absolute atomic E-state index is 14.6. The van der Waals surface area contributed by atoms with Crippen molar-refractivity contribution in [2.75, 3.05) is 7.05 Å². The van der Waals surface area contributed by atoms with Crippen LogP contribution in [-0.4, -0.2) is 18.9 Å². The van der Waals surface area contributed by atoms with Crippen LogP contribution in [0.4, 0.5) is 23.2 Å². The van der Waals surface area contributed by atoms with Crippen LogP contribution in [0, 0.1) is 5.82 Å². The van der Waals surface area contributed by atoms with Crippen LogP contribution in [0.2, 0.25) is 10.0 Å². The molecule has 0 fully saturated rings. The van der Waals surface area contributed by atoms with E-state index < -0.39 is 22.3 Å². The molecule has 0 spiro atoms. The topological polar surface area (TPSA) is 12.4 Å². The standard InChI is InChI=1S/C17H11Cl2F4N2/c1-25(8-7-15(24-25)17(21,22)23)16-11(3-2-4-14(16)20)10-5-6-12(18)13(19)9-10/h2-9H,1H3/q+1. The summed E-state index contributed by atoms with van der Waals surface area (Å²) in [5.41, 5.74) is -0.195. The summed E-state index contributed by atoms with van der Waals surface area (Å²) in [7, 11) is 1.37. The van der Waals surface area contributed by atoms with Crippen LogP contribution in [0.25, 0.3) is 11.1 Å². The molecular formula is C17H11Cl2F4N2+. The average molecular weight is 390 g/mol. The first-order chi connectivity index (χ1) is 11.6. The van der Waals surface area contributed by atoms with E-state index in [-0.39, 0.29) is 10.7 Å². The van der Waals surface area contributed by atoms with E-state index in [2.05, 4.69) is 5.10 Å². The van der Waals surface area contributed by atoms with E-state index in [1.54, 1.807) is 12.1 Å². The predicted molar refractivity (Wildman–Crippen MR) is 92.2 cm³/mol. The zero-order valence-electron chi connectivity index (χ0n) is 12.8. The number of quaternary nitrogens is 1. The molecule has 0 radical (unpaired) electrons. The van der Waals surface area contributed by atoms with Crippen LogP contribution in [0.1, 0.15) is 0 Å². The summed E-state index contributed by atoms with van der Waals surface area (Å²) < 4.78 is 52.6. The Bertz CT molecular complexity index is 906. The molecule has 0 saturated carbocycles. The third-order valence-corrected chi connectivity index (χ3v) is 4.54. The lowest BCUT2D eigenvalue weighted by Crippen LogP contribution is -2.33. The molecule has 0 aliphatic carbocycles. The van der Waals surface area contributed by atoms with Crippen LogP contribution < -0.4 is 4.59 Å². The van der Waals surface area contributed by atoms with Gasteiger partial charge in [0.25, 0.3) is 0 Å². The summed E-state index contributed by atoms with van der Waals surface area (Å²) in [6, 6.07) is 8.93. The van der Waals surface area contributed by atoms with Crippen molar-refractivity contribution in [3.05, 3.63) is 64.5 Å². The molecule has 3 rings (SSSR count). The van der Waals surface area contributed by atoms with Crippen molar-refractivity contribution in [1.29, 1.82) is 0 Å². The highest BCUT2D eigenvalue weighted by atomic mass is 35.5. The van der Waals surface area contributed by atoms with Crippen LogP contribution in [0.15, 0.2) is 53.8 Å². The lowest BCUT2D eigenvalue weighted by Gasteiger charge is -2.23. The summed E-state index contributed by atoms with van der Waals surface area (Å²) in [6.45, 7) is 0. The third-order valence-electron chi connectivity index (χ3n) is 3.80. The van der Waals surface area contributed by atoms with E-state index in [1.807, 2.05) is 0 Å². The van der Waals surface area contributed by atoms with E-state index in [0.717, 1.165) is 6.08 Å². The third kappa shape index (κ3) is 3.29. The largest absolute Gasteiger partial charge is 0.438 e. The van der Waals surface area contributed by atoms with Gasteiger partial charge in [-0.3, -0.25) is 0 Å². The van der Waals surface area contributed by atoms with Gasteiger partial charge in [-0.15, -0.1) is 4.59 Å². The lowest BCUT2D eigenvalue weighted by molar-refractivity contribution is -0.0581. The van der Waals surface area contributed by atoms with Gasteiger partial charge in [-0.25, -0.2) is 4.39 Å². The molecule has 0 aromatic heterocycles. The van der Waals surface area contributed by atoms with Crippen molar-refractivity contribution in [2.45, 2.75) is 6.18 Å². The second kappa shape index (κ2) is 6.12. The molecule has 1 atom stereocenters. The highest BCUT2D eigenvalue weighted by molar-refractivity contribution is 6.42. The van der Waals surface area contributed by atoms with E-state index in [9.17, 15) is 17.6 Å². The molecule has 0 amide bonds. The number of hydrogen-bond acceptors (Lipinski definition) is 1. The van der Waals surface area contributed by atoms with Gasteiger partial charge in [-0.05, 0) is 29.8 Å². The Morgan fingerprint density at radius 3 is 2.36 bits per heavy atom. The Balaban J connectivity index is 2.20. The maximum atomic E-state index is 14.6. The van der Waals surface area contributed by atoms with E-state index in [1.165, 1.54) is 37.5 Å². The minimum Gasteiger partial charge on any atom is -0.200 e. The highest BCUT2D eigenvalue weighted by Gasteiger charge is 2.44. The Kier molecular flexibility index (Phi) is 4.39. The van der Waals surface area contributed by atoms with Crippen molar-refractivity contribution in [3.8, 4) is 11.1 Å². The molecule has 1 aliphatic rings. The second-order valence-electron chi connectivity index (χ2n) is 5.59. The predicted octanol–water partition coefficient (Wildman–Crippen LogP) is 6.18. The van der Waals surface area contributed by atoms with Crippen molar-refractivity contribution in [3.63, 3.8) is 0 Å². The van der Waals surface area contributed by atoms with Crippen molar-refractivity contribution < 1.29 is 17.6 Å². The molecule has 1 heterocycles. The van der Waals surface area contributed by atoms with Gasteiger partial charge < -0.3 is 0 Å². The molecular weight excluding hydrogens is 379 g/mol. The molecule has 2 aromatic rings. The Morgan fingerprint density at radius 2 is 1.76 bits per heavy atom. The van der Waals surface area contributed by atoms with Gasteiger partial charge in [0, 0.05) is 11.6 Å². The fourth-order valence-electron chi connectivity index (χ4n) is 2.65. The molecule has 1 aliphatic heterocycles. The summed E-state index contributed by atoms with van der Waals surface area (Å²) in [6.07, 6.45) is -2.59. The summed E-state index contributed by atoms with van der Waals surface area (Å²) in [4.78, 5) is 0.